The van der Waals surface area contributed by atoms with E-state index in [4.69, 9.17) is 10.2 Å². The summed E-state index contributed by atoms with van der Waals surface area (Å²) in [7, 11) is 0. The zero-order valence-corrected chi connectivity index (χ0v) is 6.86. The number of hydrogen-bond acceptors (Lipinski definition) is 2. The van der Waals surface area contributed by atoms with E-state index in [-0.39, 0.29) is 6.42 Å². The second kappa shape index (κ2) is 5.35. The van der Waals surface area contributed by atoms with Crippen LogP contribution in [0.4, 0.5) is 0 Å². The molecule has 0 aliphatic heterocycles. The van der Waals surface area contributed by atoms with Gasteiger partial charge in [-0.3, -0.25) is 9.59 Å². The zero-order chi connectivity index (χ0) is 9.56. The van der Waals surface area contributed by atoms with Gasteiger partial charge in [0, 0.05) is 0 Å². The van der Waals surface area contributed by atoms with Crippen LogP contribution in [0.3, 0.4) is 0 Å². The summed E-state index contributed by atoms with van der Waals surface area (Å²) >= 11 is 0. The van der Waals surface area contributed by atoms with Crippen molar-refractivity contribution in [2.24, 2.45) is 5.92 Å². The van der Waals surface area contributed by atoms with Gasteiger partial charge in [0.2, 0.25) is 0 Å². The van der Waals surface area contributed by atoms with E-state index in [2.05, 4.69) is 0 Å². The van der Waals surface area contributed by atoms with Crippen LogP contribution < -0.4 is 0 Å². The van der Waals surface area contributed by atoms with Crippen LogP contribution in [0, 0.1) is 5.92 Å². The average Bonchev–Trinajstić information content (AvgIpc) is 1.96. The van der Waals surface area contributed by atoms with Gasteiger partial charge in [0.15, 0.2) is 0 Å². The van der Waals surface area contributed by atoms with Gasteiger partial charge in [-0.25, -0.2) is 0 Å². The molecule has 0 fully saturated rings. The molecule has 0 heterocycles. The number of carbonyl (C=O) groups is 2. The highest BCUT2D eigenvalue weighted by atomic mass is 16.4. The summed E-state index contributed by atoms with van der Waals surface area (Å²) in [6.07, 6.45) is 3.42. The molecule has 0 aliphatic rings. The molecule has 68 valence electrons. The molecule has 0 radical (unpaired) electrons. The Kier molecular flexibility index (Phi) is 4.76. The van der Waals surface area contributed by atoms with Crippen LogP contribution >= 0.6 is 0 Å². The number of rotatable bonds is 5. The SMILES string of the molecule is CCC=CC(CC(=O)O)C(=O)O. The van der Waals surface area contributed by atoms with Gasteiger partial charge >= 0.3 is 11.9 Å². The molecule has 0 saturated carbocycles. The average molecular weight is 172 g/mol. The Balaban J connectivity index is 4.14. The summed E-state index contributed by atoms with van der Waals surface area (Å²) in [6.45, 7) is 1.86. The predicted octanol–water partition coefficient (Wildman–Crippen LogP) is 1.13. The molecular weight excluding hydrogens is 160 g/mol. The summed E-state index contributed by atoms with van der Waals surface area (Å²) in [6, 6.07) is 0. The fourth-order valence-corrected chi connectivity index (χ4v) is 0.726. The summed E-state index contributed by atoms with van der Waals surface area (Å²) in [5.41, 5.74) is 0. The summed E-state index contributed by atoms with van der Waals surface area (Å²) in [4.78, 5) is 20.6. The second-order valence-corrected chi connectivity index (χ2v) is 2.38. The Morgan fingerprint density at radius 1 is 1.42 bits per heavy atom. The summed E-state index contributed by atoms with van der Waals surface area (Å²) in [5.74, 6) is -3.09. The van der Waals surface area contributed by atoms with E-state index in [1.165, 1.54) is 6.08 Å². The smallest absolute Gasteiger partial charge is 0.310 e. The maximum Gasteiger partial charge on any atom is 0.310 e. The Labute approximate surface area is 70.5 Å². The predicted molar refractivity (Wildman–Crippen MR) is 42.8 cm³/mol. The maximum absolute atomic E-state index is 10.4. The van der Waals surface area contributed by atoms with E-state index in [1.807, 2.05) is 6.92 Å². The van der Waals surface area contributed by atoms with Crippen LogP contribution in [-0.2, 0) is 9.59 Å². The van der Waals surface area contributed by atoms with E-state index in [0.29, 0.717) is 6.42 Å². The maximum atomic E-state index is 10.4. The largest absolute Gasteiger partial charge is 0.481 e. The van der Waals surface area contributed by atoms with Crippen molar-refractivity contribution >= 4 is 11.9 Å². The Morgan fingerprint density at radius 3 is 2.33 bits per heavy atom. The standard InChI is InChI=1S/C8H12O4/c1-2-3-4-6(8(11)12)5-7(9)10/h3-4,6H,2,5H2,1H3,(H,9,10)(H,11,12). The van der Waals surface area contributed by atoms with E-state index >= 15 is 0 Å². The van der Waals surface area contributed by atoms with E-state index in [0.717, 1.165) is 0 Å². The second-order valence-electron chi connectivity index (χ2n) is 2.38. The van der Waals surface area contributed by atoms with Crippen molar-refractivity contribution in [3.05, 3.63) is 12.2 Å². The third-order valence-corrected chi connectivity index (χ3v) is 1.32. The topological polar surface area (TPSA) is 74.6 Å². The van der Waals surface area contributed by atoms with Gasteiger partial charge in [0.1, 0.15) is 0 Å². The molecule has 1 unspecified atom stereocenters. The molecule has 0 amide bonds. The van der Waals surface area contributed by atoms with Gasteiger partial charge < -0.3 is 10.2 Å². The van der Waals surface area contributed by atoms with Gasteiger partial charge in [0.05, 0.1) is 12.3 Å². The minimum Gasteiger partial charge on any atom is -0.481 e. The molecule has 0 aromatic rings. The monoisotopic (exact) mass is 172 g/mol. The molecule has 0 aromatic heterocycles. The molecule has 0 spiro atoms. The molecule has 0 bridgehead atoms. The highest BCUT2D eigenvalue weighted by Gasteiger charge is 2.16. The fourth-order valence-electron chi connectivity index (χ4n) is 0.726. The molecular formula is C8H12O4. The van der Waals surface area contributed by atoms with Crippen molar-refractivity contribution in [1.82, 2.24) is 0 Å². The number of hydrogen-bond donors (Lipinski definition) is 2. The fraction of sp³-hybridized carbons (Fsp3) is 0.500. The lowest BCUT2D eigenvalue weighted by Gasteiger charge is -2.02. The summed E-state index contributed by atoms with van der Waals surface area (Å²) in [5, 5.41) is 16.9. The van der Waals surface area contributed by atoms with Crippen molar-refractivity contribution in [1.29, 1.82) is 0 Å². The van der Waals surface area contributed by atoms with E-state index in [9.17, 15) is 9.59 Å². The Morgan fingerprint density at radius 2 is 2.00 bits per heavy atom. The highest BCUT2D eigenvalue weighted by Crippen LogP contribution is 2.05. The van der Waals surface area contributed by atoms with Crippen molar-refractivity contribution in [3.8, 4) is 0 Å². The Hall–Kier alpha value is -1.32. The van der Waals surface area contributed by atoms with Gasteiger partial charge in [-0.2, -0.15) is 0 Å². The number of aliphatic carboxylic acids is 2. The molecule has 0 rings (SSSR count). The van der Waals surface area contributed by atoms with Crippen molar-refractivity contribution in [2.75, 3.05) is 0 Å². The molecule has 4 heteroatoms. The molecule has 4 nitrogen and oxygen atoms in total. The lowest BCUT2D eigenvalue weighted by Crippen LogP contribution is -2.15. The first kappa shape index (κ1) is 10.7. The van der Waals surface area contributed by atoms with Crippen LogP contribution in [0.25, 0.3) is 0 Å². The molecule has 12 heavy (non-hydrogen) atoms. The van der Waals surface area contributed by atoms with E-state index < -0.39 is 17.9 Å². The van der Waals surface area contributed by atoms with Crippen LogP contribution in [-0.4, -0.2) is 22.2 Å². The molecule has 0 saturated heterocycles. The number of carboxylic acid groups (broad SMARTS) is 2. The van der Waals surface area contributed by atoms with Gasteiger partial charge in [-0.15, -0.1) is 0 Å². The van der Waals surface area contributed by atoms with Gasteiger partial charge in [-0.1, -0.05) is 19.1 Å². The summed E-state index contributed by atoms with van der Waals surface area (Å²) < 4.78 is 0. The third kappa shape index (κ3) is 4.49. The van der Waals surface area contributed by atoms with Crippen molar-refractivity contribution in [3.63, 3.8) is 0 Å². The van der Waals surface area contributed by atoms with Crippen LogP contribution in [0.5, 0.6) is 0 Å². The van der Waals surface area contributed by atoms with Gasteiger partial charge in [0.25, 0.3) is 0 Å². The molecule has 2 N–H and O–H groups in total. The number of allylic oxidation sites excluding steroid dienone is 1. The van der Waals surface area contributed by atoms with E-state index in [1.54, 1.807) is 6.08 Å². The zero-order valence-electron chi connectivity index (χ0n) is 6.86. The molecule has 0 aliphatic carbocycles. The van der Waals surface area contributed by atoms with Crippen molar-refractivity contribution < 1.29 is 19.8 Å². The first-order chi connectivity index (χ1) is 5.57. The van der Waals surface area contributed by atoms with Crippen LogP contribution in [0.1, 0.15) is 19.8 Å². The van der Waals surface area contributed by atoms with Crippen molar-refractivity contribution in [2.45, 2.75) is 19.8 Å². The number of carboxylic acids is 2. The molecule has 1 atom stereocenters. The minimum atomic E-state index is -1.10. The molecule has 0 aromatic carbocycles. The minimum absolute atomic E-state index is 0.355. The quantitative estimate of drug-likeness (QED) is 0.609. The van der Waals surface area contributed by atoms with Crippen LogP contribution in [0.2, 0.25) is 0 Å². The first-order valence-electron chi connectivity index (χ1n) is 3.69. The lowest BCUT2D eigenvalue weighted by molar-refractivity contribution is -0.146. The Bertz CT molecular complexity index is 195. The lowest BCUT2D eigenvalue weighted by atomic mass is 10.1. The highest BCUT2D eigenvalue weighted by molar-refractivity contribution is 5.79. The van der Waals surface area contributed by atoms with Crippen LogP contribution in [0.15, 0.2) is 12.2 Å². The normalized spacial score (nSPS) is 13.1. The van der Waals surface area contributed by atoms with Gasteiger partial charge in [-0.05, 0) is 6.42 Å². The first-order valence-corrected chi connectivity index (χ1v) is 3.69. The third-order valence-electron chi connectivity index (χ3n) is 1.32.